The molecule has 1 rings (SSSR count). The summed E-state index contributed by atoms with van der Waals surface area (Å²) >= 11 is 0. The van der Waals surface area contributed by atoms with Gasteiger partial charge in [0.15, 0.2) is 6.29 Å². The molecular formula is C45H89NO10. The summed E-state index contributed by atoms with van der Waals surface area (Å²) in [5.41, 5.74) is 0. The Morgan fingerprint density at radius 1 is 0.589 bits per heavy atom. The van der Waals surface area contributed by atoms with Crippen LogP contribution in [0.3, 0.4) is 0 Å². The first-order valence-corrected chi connectivity index (χ1v) is 23.3. The Morgan fingerprint density at radius 2 is 1.00 bits per heavy atom. The summed E-state index contributed by atoms with van der Waals surface area (Å²) in [4.78, 5) is 13.1. The Kier molecular flexibility index (Phi) is 33.1. The molecule has 334 valence electrons. The molecule has 0 saturated carbocycles. The minimum Gasteiger partial charge on any atom is -0.394 e. The summed E-state index contributed by atoms with van der Waals surface area (Å²) in [7, 11) is 0. The van der Waals surface area contributed by atoms with Gasteiger partial charge >= 0.3 is 0 Å². The zero-order chi connectivity index (χ0) is 41.4. The van der Waals surface area contributed by atoms with Crippen LogP contribution in [0.15, 0.2) is 0 Å². The number of nitrogens with one attached hydrogen (secondary N) is 1. The zero-order valence-electron chi connectivity index (χ0n) is 36.0. The maximum Gasteiger partial charge on any atom is 0.249 e. The van der Waals surface area contributed by atoms with E-state index in [1.807, 2.05) is 0 Å². The van der Waals surface area contributed by atoms with Gasteiger partial charge in [-0.2, -0.15) is 0 Å². The molecule has 0 spiro atoms. The van der Waals surface area contributed by atoms with Crippen molar-refractivity contribution in [3.8, 4) is 0 Å². The molecule has 0 aromatic heterocycles. The van der Waals surface area contributed by atoms with Gasteiger partial charge < -0.3 is 50.5 Å². The smallest absolute Gasteiger partial charge is 0.249 e. The van der Waals surface area contributed by atoms with Crippen molar-refractivity contribution >= 4 is 5.91 Å². The number of aliphatic hydroxyl groups excluding tert-OH is 7. The van der Waals surface area contributed by atoms with Crippen LogP contribution in [0.1, 0.15) is 207 Å². The lowest BCUT2D eigenvalue weighted by Gasteiger charge is -2.40. The second-order valence-electron chi connectivity index (χ2n) is 17.3. The minimum absolute atomic E-state index is 0.265. The van der Waals surface area contributed by atoms with E-state index < -0.39 is 74.2 Å². The highest BCUT2D eigenvalue weighted by Gasteiger charge is 2.44. The van der Waals surface area contributed by atoms with Crippen molar-refractivity contribution in [3.63, 3.8) is 0 Å². The fourth-order valence-electron chi connectivity index (χ4n) is 7.68. The largest absolute Gasteiger partial charge is 0.394 e. The Labute approximate surface area is 341 Å². The summed E-state index contributed by atoms with van der Waals surface area (Å²) < 4.78 is 11.1. The Hall–Kier alpha value is -0.890. The maximum atomic E-state index is 13.1. The van der Waals surface area contributed by atoms with Gasteiger partial charge in [-0.1, -0.05) is 194 Å². The second-order valence-corrected chi connectivity index (χ2v) is 17.3. The van der Waals surface area contributed by atoms with Gasteiger partial charge in [-0.25, -0.2) is 0 Å². The highest BCUT2D eigenvalue weighted by molar-refractivity contribution is 5.80. The molecule has 11 nitrogen and oxygen atoms in total. The van der Waals surface area contributed by atoms with Crippen LogP contribution in [-0.4, -0.2) is 110 Å². The second kappa shape index (κ2) is 34.9. The number of amides is 1. The molecule has 1 saturated heterocycles. The molecule has 0 aliphatic carbocycles. The number of ether oxygens (including phenoxy) is 2. The minimum atomic E-state index is -1.66. The molecule has 9 atom stereocenters. The first-order valence-electron chi connectivity index (χ1n) is 23.3. The maximum absolute atomic E-state index is 13.1. The van der Waals surface area contributed by atoms with Gasteiger partial charge in [0.25, 0.3) is 0 Å². The van der Waals surface area contributed by atoms with E-state index in [2.05, 4.69) is 26.1 Å². The lowest BCUT2D eigenvalue weighted by Crippen LogP contribution is -2.60. The quantitative estimate of drug-likeness (QED) is 0.0293. The normalized spacial score (nSPS) is 22.3. The molecule has 0 aromatic rings. The predicted molar refractivity (Wildman–Crippen MR) is 224 cm³/mol. The molecule has 9 unspecified atom stereocenters. The lowest BCUT2D eigenvalue weighted by atomic mass is 9.98. The number of aliphatic hydroxyl groups is 7. The highest BCUT2D eigenvalue weighted by Crippen LogP contribution is 2.23. The molecule has 8 N–H and O–H groups in total. The van der Waals surface area contributed by atoms with E-state index in [9.17, 15) is 40.5 Å². The molecule has 0 radical (unpaired) electrons. The molecule has 1 fully saturated rings. The van der Waals surface area contributed by atoms with Crippen molar-refractivity contribution < 1.29 is 50.0 Å². The third-order valence-electron chi connectivity index (χ3n) is 11.6. The molecule has 1 heterocycles. The SMILES string of the molecule is CCCCCCCCCCCCCCCCCCCC(O)C(=O)NC(COC1OC(CO)C(O)C(O)C1O)C(O)C(O)CCCCCCCCCCCC(C)C. The van der Waals surface area contributed by atoms with Gasteiger partial charge in [0.1, 0.15) is 36.6 Å². The highest BCUT2D eigenvalue weighted by atomic mass is 16.7. The van der Waals surface area contributed by atoms with Crippen LogP contribution in [0.5, 0.6) is 0 Å². The van der Waals surface area contributed by atoms with Gasteiger partial charge in [-0.3, -0.25) is 4.79 Å². The van der Waals surface area contributed by atoms with Crippen LogP contribution in [-0.2, 0) is 14.3 Å². The molecular weight excluding hydrogens is 714 g/mol. The number of carbonyl (C=O) groups excluding carboxylic acids is 1. The number of hydrogen-bond donors (Lipinski definition) is 8. The van der Waals surface area contributed by atoms with E-state index in [0.29, 0.717) is 19.3 Å². The summed E-state index contributed by atoms with van der Waals surface area (Å²) in [6.45, 7) is 5.73. The van der Waals surface area contributed by atoms with Gasteiger partial charge in [0.05, 0.1) is 25.4 Å². The van der Waals surface area contributed by atoms with Gasteiger partial charge in [0.2, 0.25) is 5.91 Å². The van der Waals surface area contributed by atoms with E-state index >= 15 is 0 Å². The van der Waals surface area contributed by atoms with E-state index in [0.717, 1.165) is 44.4 Å². The standard InChI is InChI=1S/C45H89NO10/c1-4-5-6-7-8-9-10-11-12-13-14-15-16-19-23-26-29-32-38(49)44(54)46-36(34-55-45-43(53)42(52)41(51)39(33-47)56-45)40(50)37(48)31-28-25-22-20-17-18-21-24-27-30-35(2)3/h35-43,45,47-53H,4-34H2,1-3H3,(H,46,54). The van der Waals surface area contributed by atoms with Crippen LogP contribution in [0.2, 0.25) is 0 Å². The fraction of sp³-hybridized carbons (Fsp3) is 0.978. The predicted octanol–water partition coefficient (Wildman–Crippen LogP) is 7.36. The van der Waals surface area contributed by atoms with Crippen LogP contribution in [0.4, 0.5) is 0 Å². The van der Waals surface area contributed by atoms with Crippen LogP contribution in [0, 0.1) is 5.92 Å². The van der Waals surface area contributed by atoms with Crippen LogP contribution >= 0.6 is 0 Å². The number of hydrogen-bond acceptors (Lipinski definition) is 10. The summed E-state index contributed by atoms with van der Waals surface area (Å²) in [6.07, 6.45) is 21.6. The lowest BCUT2D eigenvalue weighted by molar-refractivity contribution is -0.303. The molecule has 1 aliphatic rings. The van der Waals surface area contributed by atoms with E-state index in [4.69, 9.17) is 9.47 Å². The fourth-order valence-corrected chi connectivity index (χ4v) is 7.68. The topological polar surface area (TPSA) is 189 Å². The van der Waals surface area contributed by atoms with Crippen LogP contribution in [0.25, 0.3) is 0 Å². The molecule has 0 bridgehead atoms. The van der Waals surface area contributed by atoms with Crippen molar-refractivity contribution in [3.05, 3.63) is 0 Å². The molecule has 56 heavy (non-hydrogen) atoms. The van der Waals surface area contributed by atoms with E-state index in [-0.39, 0.29) is 6.42 Å². The Bertz CT molecular complexity index is 895. The molecule has 0 aromatic carbocycles. The van der Waals surface area contributed by atoms with E-state index in [1.165, 1.54) is 122 Å². The van der Waals surface area contributed by atoms with Crippen LogP contribution < -0.4 is 5.32 Å². The monoisotopic (exact) mass is 804 g/mol. The zero-order valence-corrected chi connectivity index (χ0v) is 36.0. The van der Waals surface area contributed by atoms with Crippen molar-refractivity contribution in [1.82, 2.24) is 5.32 Å². The summed E-state index contributed by atoms with van der Waals surface area (Å²) in [5, 5.41) is 75.6. The van der Waals surface area contributed by atoms with Crippen molar-refractivity contribution in [2.75, 3.05) is 13.2 Å². The first kappa shape index (κ1) is 53.1. The molecule has 11 heteroatoms. The third kappa shape index (κ3) is 25.6. The van der Waals surface area contributed by atoms with E-state index in [1.54, 1.807) is 0 Å². The number of carbonyl (C=O) groups is 1. The van der Waals surface area contributed by atoms with Gasteiger partial charge in [-0.15, -0.1) is 0 Å². The van der Waals surface area contributed by atoms with Crippen molar-refractivity contribution in [2.45, 2.75) is 262 Å². The first-order chi connectivity index (χ1) is 27.0. The van der Waals surface area contributed by atoms with Gasteiger partial charge in [-0.05, 0) is 18.8 Å². The molecule has 1 amide bonds. The third-order valence-corrected chi connectivity index (χ3v) is 11.6. The summed E-state index contributed by atoms with van der Waals surface area (Å²) in [6, 6.07) is -1.16. The number of rotatable bonds is 38. The summed E-state index contributed by atoms with van der Waals surface area (Å²) in [5.74, 6) is 0.0691. The Morgan fingerprint density at radius 3 is 1.43 bits per heavy atom. The van der Waals surface area contributed by atoms with Gasteiger partial charge in [0, 0.05) is 0 Å². The van der Waals surface area contributed by atoms with Crippen molar-refractivity contribution in [2.24, 2.45) is 5.92 Å². The average Bonchev–Trinajstić information content (AvgIpc) is 3.18. The van der Waals surface area contributed by atoms with Crippen molar-refractivity contribution in [1.29, 1.82) is 0 Å². The Balaban J connectivity index is 2.43. The average molecular weight is 804 g/mol. The molecule has 1 aliphatic heterocycles. The number of unbranched alkanes of at least 4 members (excludes halogenated alkanes) is 24.